The van der Waals surface area contributed by atoms with Crippen LogP contribution in [-0.2, 0) is 21.7 Å². The molecule has 0 aliphatic rings. The van der Waals surface area contributed by atoms with E-state index in [0.717, 1.165) is 0 Å². The van der Waals surface area contributed by atoms with E-state index in [9.17, 15) is 0 Å². The Kier molecular flexibility index (Phi) is 1490. The molecule has 0 saturated heterocycles. The molecule has 0 saturated carbocycles. The minimum atomic E-state index is 0. The summed E-state index contributed by atoms with van der Waals surface area (Å²) in [5.74, 6) is 0. The van der Waals surface area contributed by atoms with Crippen molar-refractivity contribution in [1.29, 1.82) is 0 Å². The smallest absolute Gasteiger partial charge is 1.00 e. The molecule has 0 aliphatic carbocycles. The first-order valence-electron chi connectivity index (χ1n) is 0. The van der Waals surface area contributed by atoms with Crippen LogP contribution in [0.25, 0.3) is 0 Å². The molecule has 0 spiro atoms. The van der Waals surface area contributed by atoms with Gasteiger partial charge in [-0.05, 0) is 0 Å². The maximum Gasteiger partial charge on any atom is 1.00 e. The molecule has 0 N–H and O–H groups in total. The van der Waals surface area contributed by atoms with Crippen LogP contribution in [0.1, 0.15) is 2.85 Å². The first-order chi connectivity index (χ1) is 0. The average Bonchev–Trinajstić information content (AvgIpc) is 0. The molecule has 0 aromatic rings. The minimum absolute atomic E-state index is 0. The number of halogens is 6. The Labute approximate surface area is 152 Å². The van der Waals surface area contributed by atoms with Gasteiger partial charge in [0.15, 0.2) is 0 Å². The quantitative estimate of drug-likeness (QED) is 0.298. The molecule has 9 heteroatoms. The zero-order chi connectivity index (χ0) is 0. The fraction of sp³-hybridized carbons (Fsp3) is 0. The predicted octanol–water partition coefficient (Wildman–Crippen LogP) is -4.85. The molecule has 0 bridgehead atoms. The molecule has 0 atom stereocenters. The van der Waals surface area contributed by atoms with Gasteiger partial charge < -0.3 is 2.85 Å². The van der Waals surface area contributed by atoms with Crippen LogP contribution in [0.5, 0.6) is 0 Å². The van der Waals surface area contributed by atoms with Crippen LogP contribution < -0.4 is 103 Å². The first-order valence-corrected chi connectivity index (χ1v) is 0. The maximum atomic E-state index is 0. The molecule has 0 radical (unpaired) electrons. The largest absolute Gasteiger partial charge is 1.00 e. The van der Waals surface area contributed by atoms with Crippen molar-refractivity contribution in [1.82, 2.24) is 0 Å². The van der Waals surface area contributed by atoms with E-state index in [1.807, 2.05) is 0 Å². The molecule has 0 unspecified atom stereocenters. The van der Waals surface area contributed by atoms with Gasteiger partial charge in [0, 0.05) is 21.7 Å². The minimum Gasteiger partial charge on any atom is -1.00 e. The summed E-state index contributed by atoms with van der Waals surface area (Å²) in [4.78, 5) is 0. The molecular formula is H8F6K2Ti. The van der Waals surface area contributed by atoms with Crippen molar-refractivity contribution in [2.24, 2.45) is 0 Å². The third-order valence-corrected chi connectivity index (χ3v) is 0. The Morgan fingerprint density at radius 2 is 0.444 bits per heavy atom. The molecule has 0 heterocycles. The van der Waals surface area contributed by atoms with Crippen molar-refractivity contribution < 1.29 is 156 Å². The third-order valence-electron chi connectivity index (χ3n) is 0. The van der Waals surface area contributed by atoms with Crippen LogP contribution in [-0.4, -0.2) is 0 Å². The van der Waals surface area contributed by atoms with E-state index in [1.165, 1.54) is 0 Å². The van der Waals surface area contributed by atoms with Crippen molar-refractivity contribution in [3.63, 3.8) is 0 Å². The van der Waals surface area contributed by atoms with E-state index < -0.39 is 0 Å². The second kappa shape index (κ2) is 102. The monoisotopic (exact) mass is 248 g/mol. The fourth-order valence-corrected chi connectivity index (χ4v) is 0. The molecule has 0 aromatic heterocycles. The van der Waals surface area contributed by atoms with Crippen molar-refractivity contribution in [3.8, 4) is 0 Å². The molecular weight excluding hydrogens is 240 g/mol. The fourth-order valence-electron chi connectivity index (χ4n) is 0. The van der Waals surface area contributed by atoms with E-state index >= 15 is 0 Å². The number of rotatable bonds is 0. The molecule has 56 valence electrons. The summed E-state index contributed by atoms with van der Waals surface area (Å²) in [6.07, 6.45) is 0. The third kappa shape index (κ3) is 83.2. The summed E-state index contributed by atoms with van der Waals surface area (Å²) in [5.41, 5.74) is 0. The topological polar surface area (TPSA) is 0 Å². The molecule has 0 nitrogen and oxygen atoms in total. The van der Waals surface area contributed by atoms with E-state index in [-0.39, 0.29) is 156 Å². The second-order valence-electron chi connectivity index (χ2n) is 0. The van der Waals surface area contributed by atoms with Crippen molar-refractivity contribution >= 4 is 0 Å². The molecule has 0 fully saturated rings. The predicted molar refractivity (Wildman–Crippen MR) is 17.2 cm³/mol. The molecule has 0 aliphatic heterocycles. The van der Waals surface area contributed by atoms with Gasteiger partial charge in [-0.1, -0.05) is 0 Å². The normalized spacial score (nSPS) is 0. The van der Waals surface area contributed by atoms with Gasteiger partial charge in [-0.2, -0.15) is 0 Å². The molecule has 9 heavy (non-hydrogen) atoms. The number of hydrogen-bond donors (Lipinski definition) is 0. The van der Waals surface area contributed by atoms with Gasteiger partial charge in [0.05, 0.1) is 0 Å². The van der Waals surface area contributed by atoms with Gasteiger partial charge in [0.2, 0.25) is 0 Å². The standard InChI is InChI=1S/6FH.2K.Ti.2H/h6*1H;;;;;/q;;;;;;2*+1;;2*-1. The second-order valence-corrected chi connectivity index (χ2v) is 0. The average molecular weight is 248 g/mol. The Bertz CT molecular complexity index is 18.5. The van der Waals surface area contributed by atoms with Gasteiger partial charge in [0.1, 0.15) is 0 Å². The van der Waals surface area contributed by atoms with Crippen LogP contribution >= 0.6 is 0 Å². The SMILES string of the molecule is F.F.F.F.F.F.[H-].[H-].[K+].[K+].[Ti]. The summed E-state index contributed by atoms with van der Waals surface area (Å²) in [6.45, 7) is 0. The Morgan fingerprint density at radius 3 is 0.444 bits per heavy atom. The molecule has 0 aromatic carbocycles. The van der Waals surface area contributed by atoms with Crippen LogP contribution in [0.3, 0.4) is 0 Å². The van der Waals surface area contributed by atoms with E-state index in [1.54, 1.807) is 0 Å². The van der Waals surface area contributed by atoms with Gasteiger partial charge >= 0.3 is 103 Å². The Morgan fingerprint density at radius 1 is 0.444 bits per heavy atom. The molecule has 0 rings (SSSR count). The van der Waals surface area contributed by atoms with Crippen molar-refractivity contribution in [2.45, 2.75) is 0 Å². The summed E-state index contributed by atoms with van der Waals surface area (Å²) in [5, 5.41) is 0. The van der Waals surface area contributed by atoms with Crippen LogP contribution in [0.15, 0.2) is 0 Å². The Balaban J connectivity index is 0. The summed E-state index contributed by atoms with van der Waals surface area (Å²) >= 11 is 0. The van der Waals surface area contributed by atoms with Gasteiger partial charge in [-0.15, -0.1) is 0 Å². The van der Waals surface area contributed by atoms with E-state index in [2.05, 4.69) is 0 Å². The summed E-state index contributed by atoms with van der Waals surface area (Å²) in [6, 6.07) is 0. The van der Waals surface area contributed by atoms with Crippen molar-refractivity contribution in [2.75, 3.05) is 0 Å². The van der Waals surface area contributed by atoms with Gasteiger partial charge in [0.25, 0.3) is 0 Å². The first kappa shape index (κ1) is 132. The van der Waals surface area contributed by atoms with Gasteiger partial charge in [-0.3, -0.25) is 28.2 Å². The summed E-state index contributed by atoms with van der Waals surface area (Å²) in [7, 11) is 0. The maximum absolute atomic E-state index is 0. The van der Waals surface area contributed by atoms with E-state index in [4.69, 9.17) is 0 Å². The Hall–Kier alpha value is 3.57. The molecule has 0 amide bonds. The van der Waals surface area contributed by atoms with Crippen molar-refractivity contribution in [3.05, 3.63) is 0 Å². The summed E-state index contributed by atoms with van der Waals surface area (Å²) < 4.78 is 0. The van der Waals surface area contributed by atoms with Crippen LogP contribution in [0.2, 0.25) is 0 Å². The zero-order valence-electron chi connectivity index (χ0n) is 6.95. The van der Waals surface area contributed by atoms with Gasteiger partial charge in [-0.25, -0.2) is 0 Å². The zero-order valence-corrected chi connectivity index (χ0v) is 12.8. The van der Waals surface area contributed by atoms with Crippen LogP contribution in [0.4, 0.5) is 28.2 Å². The van der Waals surface area contributed by atoms with E-state index in [0.29, 0.717) is 0 Å². The number of hydrogen-bond acceptors (Lipinski definition) is 0. The van der Waals surface area contributed by atoms with Crippen LogP contribution in [0, 0.1) is 0 Å².